The van der Waals surface area contributed by atoms with Gasteiger partial charge in [-0.1, -0.05) is 0 Å². The number of imidazole rings is 1. The van der Waals surface area contributed by atoms with Gasteiger partial charge in [-0.05, 0) is 12.1 Å². The largest absolute Gasteiger partial charge is 0.494 e. The van der Waals surface area contributed by atoms with E-state index in [1.807, 2.05) is 0 Å². The third kappa shape index (κ3) is 1.39. The predicted molar refractivity (Wildman–Crippen MR) is 54.2 cm³/mol. The predicted octanol–water partition coefficient (Wildman–Crippen LogP) is 1.42. The minimum atomic E-state index is -1.11. The monoisotopic (exact) mass is 224 g/mol. The SMILES string of the molecule is COc1cc(C(=O)O)cc2nc(F)n(C)c12. The van der Waals surface area contributed by atoms with E-state index >= 15 is 0 Å². The summed E-state index contributed by atoms with van der Waals surface area (Å²) in [5, 5.41) is 8.86. The Labute approximate surface area is 90.1 Å². The van der Waals surface area contributed by atoms with Crippen molar-refractivity contribution in [3.8, 4) is 5.75 Å². The van der Waals surface area contributed by atoms with Crippen LogP contribution in [0.3, 0.4) is 0 Å². The number of carboxylic acid groups (broad SMARTS) is 1. The summed E-state index contributed by atoms with van der Waals surface area (Å²) < 4.78 is 19.5. The molecule has 2 aromatic rings. The maximum Gasteiger partial charge on any atom is 0.335 e. The highest BCUT2D eigenvalue weighted by atomic mass is 19.1. The van der Waals surface area contributed by atoms with Crippen molar-refractivity contribution in [2.24, 2.45) is 7.05 Å². The lowest BCUT2D eigenvalue weighted by molar-refractivity contribution is 0.0696. The van der Waals surface area contributed by atoms with Gasteiger partial charge >= 0.3 is 5.97 Å². The van der Waals surface area contributed by atoms with Crippen LogP contribution in [0.4, 0.5) is 4.39 Å². The Morgan fingerprint density at radius 1 is 1.56 bits per heavy atom. The van der Waals surface area contributed by atoms with E-state index in [1.54, 1.807) is 0 Å². The first kappa shape index (κ1) is 10.4. The first-order valence-electron chi connectivity index (χ1n) is 4.48. The van der Waals surface area contributed by atoms with Gasteiger partial charge in [-0.3, -0.25) is 0 Å². The van der Waals surface area contributed by atoms with Crippen LogP contribution in [-0.2, 0) is 7.05 Å². The minimum Gasteiger partial charge on any atom is -0.494 e. The summed E-state index contributed by atoms with van der Waals surface area (Å²) >= 11 is 0. The molecule has 0 aliphatic heterocycles. The number of nitrogens with zero attached hydrogens (tertiary/aromatic N) is 2. The lowest BCUT2D eigenvalue weighted by Gasteiger charge is -2.04. The number of fused-ring (bicyclic) bond motifs is 1. The van der Waals surface area contributed by atoms with Crippen LogP contribution in [0.25, 0.3) is 11.0 Å². The fourth-order valence-electron chi connectivity index (χ4n) is 1.56. The molecule has 5 nitrogen and oxygen atoms in total. The van der Waals surface area contributed by atoms with Gasteiger partial charge < -0.3 is 14.4 Å². The molecule has 0 amide bonds. The fraction of sp³-hybridized carbons (Fsp3) is 0.200. The lowest BCUT2D eigenvalue weighted by atomic mass is 10.2. The number of aromatic nitrogens is 2. The zero-order chi connectivity index (χ0) is 11.9. The molecular weight excluding hydrogens is 215 g/mol. The number of benzene rings is 1. The summed E-state index contributed by atoms with van der Waals surface area (Å²) in [5.41, 5.74) is 0.712. The van der Waals surface area contributed by atoms with Crippen LogP contribution in [-0.4, -0.2) is 27.7 Å². The second-order valence-electron chi connectivity index (χ2n) is 3.29. The molecule has 16 heavy (non-hydrogen) atoms. The van der Waals surface area contributed by atoms with Gasteiger partial charge in [0, 0.05) is 7.05 Å². The second-order valence-corrected chi connectivity index (χ2v) is 3.29. The van der Waals surface area contributed by atoms with E-state index in [4.69, 9.17) is 9.84 Å². The Balaban J connectivity index is 2.83. The van der Waals surface area contributed by atoms with E-state index in [-0.39, 0.29) is 16.8 Å². The number of ether oxygens (including phenoxy) is 1. The van der Waals surface area contributed by atoms with Crippen molar-refractivity contribution in [2.45, 2.75) is 0 Å². The lowest BCUT2D eigenvalue weighted by Crippen LogP contribution is -1.99. The number of rotatable bonds is 2. The van der Waals surface area contributed by atoms with Crippen molar-refractivity contribution in [3.63, 3.8) is 0 Å². The molecule has 0 saturated heterocycles. The molecule has 0 fully saturated rings. The fourth-order valence-corrected chi connectivity index (χ4v) is 1.56. The van der Waals surface area contributed by atoms with Crippen LogP contribution in [0.2, 0.25) is 0 Å². The maximum absolute atomic E-state index is 13.2. The Kier molecular flexibility index (Phi) is 2.26. The van der Waals surface area contributed by atoms with Crippen LogP contribution < -0.4 is 4.74 Å². The molecule has 0 aliphatic rings. The quantitative estimate of drug-likeness (QED) is 0.837. The molecule has 0 spiro atoms. The van der Waals surface area contributed by atoms with Gasteiger partial charge in [-0.2, -0.15) is 4.39 Å². The van der Waals surface area contributed by atoms with Gasteiger partial charge in [0.05, 0.1) is 18.2 Å². The first-order chi connectivity index (χ1) is 7.54. The summed E-state index contributed by atoms with van der Waals surface area (Å²) in [7, 11) is 2.89. The third-order valence-electron chi connectivity index (χ3n) is 2.35. The van der Waals surface area contributed by atoms with Gasteiger partial charge in [0.2, 0.25) is 0 Å². The molecule has 84 valence electrons. The summed E-state index contributed by atoms with van der Waals surface area (Å²) in [4.78, 5) is 14.4. The summed E-state index contributed by atoms with van der Waals surface area (Å²) in [5.74, 6) is -0.819. The van der Waals surface area contributed by atoms with E-state index in [0.717, 1.165) is 0 Å². The van der Waals surface area contributed by atoms with Crippen molar-refractivity contribution in [1.29, 1.82) is 0 Å². The Morgan fingerprint density at radius 2 is 2.25 bits per heavy atom. The van der Waals surface area contributed by atoms with Crippen molar-refractivity contribution in [1.82, 2.24) is 9.55 Å². The molecule has 0 aliphatic carbocycles. The van der Waals surface area contributed by atoms with Gasteiger partial charge in [0.25, 0.3) is 6.08 Å². The molecule has 0 radical (unpaired) electrons. The van der Waals surface area contributed by atoms with Gasteiger partial charge in [0.1, 0.15) is 11.3 Å². The topological polar surface area (TPSA) is 64.3 Å². The van der Waals surface area contributed by atoms with Crippen LogP contribution >= 0.6 is 0 Å². The summed E-state index contributed by atoms with van der Waals surface area (Å²) in [6.07, 6.45) is -0.684. The van der Waals surface area contributed by atoms with Gasteiger partial charge in [-0.25, -0.2) is 9.78 Å². The van der Waals surface area contributed by atoms with Crippen molar-refractivity contribution >= 4 is 17.0 Å². The summed E-state index contributed by atoms with van der Waals surface area (Å²) in [6.45, 7) is 0. The van der Waals surface area contributed by atoms with Crippen LogP contribution in [0.5, 0.6) is 5.75 Å². The molecule has 1 aromatic heterocycles. The first-order valence-corrected chi connectivity index (χ1v) is 4.48. The molecular formula is C10H9FN2O3. The average molecular weight is 224 g/mol. The molecule has 2 rings (SSSR count). The van der Waals surface area contributed by atoms with E-state index in [0.29, 0.717) is 5.52 Å². The maximum atomic E-state index is 13.2. The molecule has 0 bridgehead atoms. The van der Waals surface area contributed by atoms with Crippen LogP contribution in [0.15, 0.2) is 12.1 Å². The minimum absolute atomic E-state index is 0.0162. The average Bonchev–Trinajstić information content (AvgIpc) is 2.53. The van der Waals surface area contributed by atoms with E-state index in [9.17, 15) is 9.18 Å². The Hall–Kier alpha value is -2.11. The highest BCUT2D eigenvalue weighted by molar-refractivity contribution is 5.95. The highest BCUT2D eigenvalue weighted by Crippen LogP contribution is 2.27. The molecule has 6 heteroatoms. The second kappa shape index (κ2) is 3.48. The normalized spacial score (nSPS) is 10.7. The third-order valence-corrected chi connectivity index (χ3v) is 2.35. The van der Waals surface area contributed by atoms with Crippen molar-refractivity contribution in [2.75, 3.05) is 7.11 Å². The number of aryl methyl sites for hydroxylation is 1. The van der Waals surface area contributed by atoms with Crippen LogP contribution in [0.1, 0.15) is 10.4 Å². The van der Waals surface area contributed by atoms with E-state index in [2.05, 4.69) is 4.98 Å². The number of carboxylic acids is 1. The number of hydrogen-bond acceptors (Lipinski definition) is 3. The Morgan fingerprint density at radius 3 is 2.81 bits per heavy atom. The standard InChI is InChI=1S/C10H9FN2O3/c1-13-8-6(12-10(13)11)3-5(9(14)15)4-7(8)16-2/h3-4H,1-2H3,(H,14,15). The molecule has 0 unspecified atom stereocenters. The number of carbonyl (C=O) groups is 1. The smallest absolute Gasteiger partial charge is 0.335 e. The van der Waals surface area contributed by atoms with Crippen LogP contribution in [0, 0.1) is 6.08 Å². The van der Waals surface area contributed by atoms with E-state index in [1.165, 1.54) is 30.9 Å². The number of aromatic carboxylic acids is 1. The van der Waals surface area contributed by atoms with Gasteiger partial charge in [-0.15, -0.1) is 0 Å². The Bertz CT molecular complexity index is 577. The zero-order valence-corrected chi connectivity index (χ0v) is 8.69. The number of hydrogen-bond donors (Lipinski definition) is 1. The highest BCUT2D eigenvalue weighted by Gasteiger charge is 2.15. The molecule has 1 aromatic carbocycles. The van der Waals surface area contributed by atoms with E-state index < -0.39 is 12.0 Å². The number of methoxy groups -OCH3 is 1. The summed E-state index contributed by atoms with van der Waals surface area (Å²) in [6, 6.07) is 2.65. The molecule has 1 N–H and O–H groups in total. The molecule has 1 heterocycles. The molecule has 0 saturated carbocycles. The molecule has 0 atom stereocenters. The van der Waals surface area contributed by atoms with Crippen molar-refractivity contribution < 1.29 is 19.0 Å². The van der Waals surface area contributed by atoms with Crippen molar-refractivity contribution in [3.05, 3.63) is 23.8 Å². The number of halogens is 1. The van der Waals surface area contributed by atoms with Gasteiger partial charge in [0.15, 0.2) is 0 Å². The zero-order valence-electron chi connectivity index (χ0n) is 8.69.